The van der Waals surface area contributed by atoms with Crippen LogP contribution in [-0.4, -0.2) is 32.7 Å². The summed E-state index contributed by atoms with van der Waals surface area (Å²) in [7, 11) is 1.89. The van der Waals surface area contributed by atoms with Gasteiger partial charge >= 0.3 is 0 Å². The fraction of sp³-hybridized carbons (Fsp3) is 0.667. The molecular weight excluding hydrogens is 216 g/mol. The van der Waals surface area contributed by atoms with Crippen molar-refractivity contribution in [1.82, 2.24) is 14.7 Å². The van der Waals surface area contributed by atoms with E-state index in [9.17, 15) is 4.79 Å². The Balaban J connectivity index is 2.41. The number of aryl methyl sites for hydroxylation is 2. The number of rotatable bonds is 2. The second-order valence-corrected chi connectivity index (χ2v) is 5.05. The van der Waals surface area contributed by atoms with Crippen LogP contribution in [-0.2, 0) is 11.8 Å². The van der Waals surface area contributed by atoms with Gasteiger partial charge in [-0.15, -0.1) is 0 Å². The molecule has 1 aliphatic rings. The number of carbonyl (C=O) groups is 1. The first-order chi connectivity index (χ1) is 7.91. The fourth-order valence-corrected chi connectivity index (χ4v) is 2.68. The first kappa shape index (κ1) is 12.1. The van der Waals surface area contributed by atoms with Crippen molar-refractivity contribution in [2.24, 2.45) is 12.8 Å². The van der Waals surface area contributed by atoms with E-state index in [4.69, 9.17) is 5.73 Å². The van der Waals surface area contributed by atoms with E-state index in [2.05, 4.69) is 5.10 Å². The molecule has 1 fully saturated rings. The van der Waals surface area contributed by atoms with Crippen LogP contribution in [0.3, 0.4) is 0 Å². The molecule has 5 heteroatoms. The molecule has 2 heterocycles. The zero-order valence-electron chi connectivity index (χ0n) is 10.8. The van der Waals surface area contributed by atoms with Gasteiger partial charge in [0.1, 0.15) is 0 Å². The van der Waals surface area contributed by atoms with Gasteiger partial charge in [0.2, 0.25) is 5.91 Å². The molecular formula is C12H20N4O. The topological polar surface area (TPSA) is 64.2 Å². The normalized spacial score (nSPS) is 25.1. The quantitative estimate of drug-likeness (QED) is 0.823. The molecule has 0 saturated carbocycles. The third-order valence-corrected chi connectivity index (χ3v) is 3.33. The molecule has 0 aliphatic carbocycles. The van der Waals surface area contributed by atoms with E-state index in [0.717, 1.165) is 11.3 Å². The number of nitrogens with two attached hydrogens (primary N) is 1. The standard InChI is InChI=1S/C12H20N4O/c1-7(2)16-11(17)5-10(13)12(16)9-6-15(4)14-8(9)3/h6-7,10,12H,5,13H2,1-4H3. The van der Waals surface area contributed by atoms with Crippen molar-refractivity contribution in [1.29, 1.82) is 0 Å². The molecule has 2 unspecified atom stereocenters. The number of hydrogen-bond acceptors (Lipinski definition) is 3. The number of hydrogen-bond donors (Lipinski definition) is 1. The first-order valence-corrected chi connectivity index (χ1v) is 5.98. The summed E-state index contributed by atoms with van der Waals surface area (Å²) >= 11 is 0. The van der Waals surface area contributed by atoms with Gasteiger partial charge in [-0.05, 0) is 20.8 Å². The Morgan fingerprint density at radius 3 is 2.65 bits per heavy atom. The fourth-order valence-electron chi connectivity index (χ4n) is 2.68. The lowest BCUT2D eigenvalue weighted by Crippen LogP contribution is -2.37. The van der Waals surface area contributed by atoms with Crippen LogP contribution in [0.4, 0.5) is 0 Å². The Morgan fingerprint density at radius 1 is 1.53 bits per heavy atom. The Hall–Kier alpha value is -1.36. The largest absolute Gasteiger partial charge is 0.331 e. The van der Waals surface area contributed by atoms with Crippen LogP contribution in [0.5, 0.6) is 0 Å². The average Bonchev–Trinajstić information content (AvgIpc) is 2.66. The zero-order chi connectivity index (χ0) is 12.7. The molecule has 1 aliphatic heterocycles. The molecule has 1 saturated heterocycles. The van der Waals surface area contributed by atoms with E-state index in [1.54, 1.807) is 4.68 Å². The van der Waals surface area contributed by atoms with Crippen LogP contribution in [0.25, 0.3) is 0 Å². The van der Waals surface area contributed by atoms with E-state index in [1.807, 2.05) is 38.9 Å². The Labute approximate surface area is 102 Å². The summed E-state index contributed by atoms with van der Waals surface area (Å²) in [6.07, 6.45) is 2.39. The number of carbonyl (C=O) groups excluding carboxylic acids is 1. The average molecular weight is 236 g/mol. The maximum atomic E-state index is 11.9. The minimum Gasteiger partial charge on any atom is -0.331 e. The van der Waals surface area contributed by atoms with Crippen LogP contribution < -0.4 is 5.73 Å². The summed E-state index contributed by atoms with van der Waals surface area (Å²) < 4.78 is 1.78. The highest BCUT2D eigenvalue weighted by molar-refractivity contribution is 5.80. The van der Waals surface area contributed by atoms with Crippen molar-refractivity contribution in [3.05, 3.63) is 17.5 Å². The highest BCUT2D eigenvalue weighted by atomic mass is 16.2. The molecule has 1 aromatic heterocycles. The highest BCUT2D eigenvalue weighted by Gasteiger charge is 2.41. The van der Waals surface area contributed by atoms with E-state index in [1.165, 1.54) is 0 Å². The van der Waals surface area contributed by atoms with Gasteiger partial charge in [-0.3, -0.25) is 9.48 Å². The summed E-state index contributed by atoms with van der Waals surface area (Å²) in [5.41, 5.74) is 8.13. The van der Waals surface area contributed by atoms with Gasteiger partial charge in [-0.2, -0.15) is 5.10 Å². The van der Waals surface area contributed by atoms with Crippen molar-refractivity contribution >= 4 is 5.91 Å². The summed E-state index contributed by atoms with van der Waals surface area (Å²) in [6, 6.07) is 0.00431. The Morgan fingerprint density at radius 2 is 2.18 bits per heavy atom. The van der Waals surface area contributed by atoms with Gasteiger partial charge in [0.25, 0.3) is 0 Å². The summed E-state index contributed by atoms with van der Waals surface area (Å²) in [4.78, 5) is 13.8. The van der Waals surface area contributed by atoms with Gasteiger partial charge in [-0.1, -0.05) is 0 Å². The maximum Gasteiger partial charge on any atom is 0.225 e. The molecule has 0 radical (unpaired) electrons. The van der Waals surface area contributed by atoms with E-state index in [0.29, 0.717) is 6.42 Å². The number of nitrogens with zero attached hydrogens (tertiary/aromatic N) is 3. The second kappa shape index (κ2) is 4.14. The second-order valence-electron chi connectivity index (χ2n) is 5.05. The number of amides is 1. The van der Waals surface area contributed by atoms with Crippen LogP contribution >= 0.6 is 0 Å². The zero-order valence-corrected chi connectivity index (χ0v) is 10.8. The molecule has 1 aromatic rings. The van der Waals surface area contributed by atoms with Gasteiger partial charge in [0.15, 0.2) is 0 Å². The smallest absolute Gasteiger partial charge is 0.225 e. The lowest BCUT2D eigenvalue weighted by molar-refractivity contribution is -0.130. The summed E-state index contributed by atoms with van der Waals surface area (Å²) in [5, 5.41) is 4.33. The lowest BCUT2D eigenvalue weighted by Gasteiger charge is -2.30. The molecule has 0 spiro atoms. The molecule has 2 rings (SSSR count). The molecule has 2 N–H and O–H groups in total. The SMILES string of the molecule is Cc1nn(C)cc1C1C(N)CC(=O)N1C(C)C. The van der Waals surface area contributed by atoms with E-state index < -0.39 is 0 Å². The van der Waals surface area contributed by atoms with Gasteiger partial charge in [0, 0.05) is 37.3 Å². The van der Waals surface area contributed by atoms with Crippen LogP contribution in [0.1, 0.15) is 37.6 Å². The van der Waals surface area contributed by atoms with Crippen molar-refractivity contribution in [2.75, 3.05) is 0 Å². The first-order valence-electron chi connectivity index (χ1n) is 5.98. The van der Waals surface area contributed by atoms with Gasteiger partial charge < -0.3 is 10.6 Å². The van der Waals surface area contributed by atoms with Crippen LogP contribution in [0, 0.1) is 6.92 Å². The summed E-state index contributed by atoms with van der Waals surface area (Å²) in [6.45, 7) is 6.01. The molecule has 0 aromatic carbocycles. The minimum absolute atomic E-state index is 0.0313. The third kappa shape index (κ3) is 1.95. The van der Waals surface area contributed by atoms with Crippen LogP contribution in [0.15, 0.2) is 6.20 Å². The van der Waals surface area contributed by atoms with Crippen molar-refractivity contribution in [3.63, 3.8) is 0 Å². The van der Waals surface area contributed by atoms with Gasteiger partial charge in [-0.25, -0.2) is 0 Å². The van der Waals surface area contributed by atoms with E-state index in [-0.39, 0.29) is 24.0 Å². The van der Waals surface area contributed by atoms with Crippen molar-refractivity contribution in [3.8, 4) is 0 Å². The summed E-state index contributed by atoms with van der Waals surface area (Å²) in [5.74, 6) is 0.140. The predicted molar refractivity (Wildman–Crippen MR) is 65.3 cm³/mol. The van der Waals surface area contributed by atoms with Crippen molar-refractivity contribution in [2.45, 2.75) is 45.3 Å². The van der Waals surface area contributed by atoms with Crippen LogP contribution in [0.2, 0.25) is 0 Å². The third-order valence-electron chi connectivity index (χ3n) is 3.33. The van der Waals surface area contributed by atoms with E-state index >= 15 is 0 Å². The highest BCUT2D eigenvalue weighted by Crippen LogP contribution is 2.34. The number of aromatic nitrogens is 2. The molecule has 1 amide bonds. The maximum absolute atomic E-state index is 11.9. The van der Waals surface area contributed by atoms with Gasteiger partial charge in [0.05, 0.1) is 11.7 Å². The molecule has 5 nitrogen and oxygen atoms in total. The molecule has 17 heavy (non-hydrogen) atoms. The lowest BCUT2D eigenvalue weighted by atomic mass is 10.0. The number of likely N-dealkylation sites (tertiary alicyclic amines) is 1. The van der Waals surface area contributed by atoms with Crippen molar-refractivity contribution < 1.29 is 4.79 Å². The monoisotopic (exact) mass is 236 g/mol. The molecule has 0 bridgehead atoms. The Kier molecular flexibility index (Phi) is 2.95. The molecule has 94 valence electrons. The minimum atomic E-state index is -0.132. The molecule has 2 atom stereocenters. The predicted octanol–water partition coefficient (Wildman–Crippen LogP) is 0.738. The Bertz CT molecular complexity index is 438.